The summed E-state index contributed by atoms with van der Waals surface area (Å²) in [7, 11) is 0. The molecule has 3 N–H and O–H groups in total. The van der Waals surface area contributed by atoms with Gasteiger partial charge in [-0.25, -0.2) is 4.79 Å². The molecule has 1 saturated heterocycles. The molecule has 0 radical (unpaired) electrons. The van der Waals surface area contributed by atoms with Crippen LogP contribution in [0.25, 0.3) is 0 Å². The number of benzene rings is 2. The van der Waals surface area contributed by atoms with Crippen molar-refractivity contribution in [3.8, 4) is 0 Å². The minimum absolute atomic E-state index is 0.129. The first-order chi connectivity index (χ1) is 13.5. The molecule has 9 nitrogen and oxygen atoms in total. The quantitative estimate of drug-likeness (QED) is 0.542. The SMILES string of the molecule is O=C(NNc1ccccc1[N+](=O)[O-])C1CCCN(C(=O)Nc2ccccc2)C1. The third-order valence-corrected chi connectivity index (χ3v) is 4.53. The lowest BCUT2D eigenvalue weighted by Gasteiger charge is -2.32. The van der Waals surface area contributed by atoms with Gasteiger partial charge in [0.05, 0.1) is 10.8 Å². The molecule has 1 aliphatic heterocycles. The molecule has 0 saturated carbocycles. The highest BCUT2D eigenvalue weighted by Gasteiger charge is 2.28. The molecule has 1 fully saturated rings. The average molecular weight is 383 g/mol. The predicted molar refractivity (Wildman–Crippen MR) is 105 cm³/mol. The Labute approximate surface area is 161 Å². The summed E-state index contributed by atoms with van der Waals surface area (Å²) in [5.74, 6) is -0.707. The molecule has 3 amide bonds. The van der Waals surface area contributed by atoms with E-state index in [1.807, 2.05) is 18.2 Å². The van der Waals surface area contributed by atoms with Gasteiger partial charge in [-0.3, -0.25) is 25.8 Å². The Morgan fingerprint density at radius 2 is 1.79 bits per heavy atom. The van der Waals surface area contributed by atoms with Gasteiger partial charge in [0.2, 0.25) is 5.91 Å². The third-order valence-electron chi connectivity index (χ3n) is 4.53. The molecule has 9 heteroatoms. The maximum atomic E-state index is 12.5. The van der Waals surface area contributed by atoms with Gasteiger partial charge >= 0.3 is 6.03 Å². The Bertz CT molecular complexity index is 858. The summed E-state index contributed by atoms with van der Waals surface area (Å²) in [6, 6.07) is 14.9. The van der Waals surface area contributed by atoms with E-state index in [0.29, 0.717) is 25.1 Å². The number of hydrazine groups is 1. The van der Waals surface area contributed by atoms with Crippen LogP contribution in [-0.4, -0.2) is 34.9 Å². The highest BCUT2D eigenvalue weighted by atomic mass is 16.6. The maximum Gasteiger partial charge on any atom is 0.321 e. The number of hydrogen-bond acceptors (Lipinski definition) is 5. The highest BCUT2D eigenvalue weighted by Crippen LogP contribution is 2.23. The molecule has 1 aliphatic rings. The van der Waals surface area contributed by atoms with E-state index in [9.17, 15) is 19.7 Å². The van der Waals surface area contributed by atoms with Gasteiger partial charge in [0.15, 0.2) is 0 Å². The Balaban J connectivity index is 1.56. The molecule has 0 aromatic heterocycles. The number of nitrogens with zero attached hydrogens (tertiary/aromatic N) is 2. The van der Waals surface area contributed by atoms with Gasteiger partial charge in [-0.05, 0) is 31.0 Å². The van der Waals surface area contributed by atoms with Crippen LogP contribution in [0.5, 0.6) is 0 Å². The van der Waals surface area contributed by atoms with Crippen LogP contribution in [0.2, 0.25) is 0 Å². The normalized spacial score (nSPS) is 16.1. The second-order valence-electron chi connectivity index (χ2n) is 6.47. The van der Waals surface area contributed by atoms with Crippen LogP contribution >= 0.6 is 0 Å². The summed E-state index contributed by atoms with van der Waals surface area (Å²) in [6.45, 7) is 0.850. The van der Waals surface area contributed by atoms with E-state index in [1.54, 1.807) is 29.2 Å². The van der Waals surface area contributed by atoms with Gasteiger partial charge in [-0.2, -0.15) is 0 Å². The number of carbonyl (C=O) groups excluding carboxylic acids is 2. The fourth-order valence-corrected chi connectivity index (χ4v) is 3.07. The molecular weight excluding hydrogens is 362 g/mol. The van der Waals surface area contributed by atoms with Crippen LogP contribution in [-0.2, 0) is 4.79 Å². The van der Waals surface area contributed by atoms with Crippen molar-refractivity contribution in [1.82, 2.24) is 10.3 Å². The summed E-state index contributed by atoms with van der Waals surface area (Å²) < 4.78 is 0. The van der Waals surface area contributed by atoms with Crippen LogP contribution in [0.3, 0.4) is 0 Å². The number of nitro benzene ring substituents is 1. The number of nitrogens with one attached hydrogen (secondary N) is 3. The maximum absolute atomic E-state index is 12.5. The topological polar surface area (TPSA) is 117 Å². The monoisotopic (exact) mass is 383 g/mol. The number of rotatable bonds is 5. The zero-order chi connectivity index (χ0) is 19.9. The molecule has 0 aliphatic carbocycles. The predicted octanol–water partition coefficient (Wildman–Crippen LogP) is 2.98. The molecule has 2 aromatic carbocycles. The molecule has 146 valence electrons. The minimum Gasteiger partial charge on any atom is -0.324 e. The van der Waals surface area contributed by atoms with Crippen LogP contribution in [0.4, 0.5) is 21.9 Å². The van der Waals surface area contributed by atoms with Gasteiger partial charge in [0.1, 0.15) is 5.69 Å². The molecule has 0 bridgehead atoms. The van der Waals surface area contributed by atoms with E-state index in [2.05, 4.69) is 16.2 Å². The number of para-hydroxylation sites is 3. The first-order valence-corrected chi connectivity index (χ1v) is 8.95. The number of piperidine rings is 1. The summed E-state index contributed by atoms with van der Waals surface area (Å²) in [5.41, 5.74) is 5.90. The van der Waals surface area contributed by atoms with Crippen molar-refractivity contribution in [3.63, 3.8) is 0 Å². The molecule has 0 spiro atoms. The molecule has 2 aromatic rings. The van der Waals surface area contributed by atoms with Gasteiger partial charge in [0, 0.05) is 24.8 Å². The lowest BCUT2D eigenvalue weighted by molar-refractivity contribution is -0.384. The summed E-state index contributed by atoms with van der Waals surface area (Å²) in [5, 5.41) is 13.9. The van der Waals surface area contributed by atoms with Crippen molar-refractivity contribution in [2.45, 2.75) is 12.8 Å². The first kappa shape index (κ1) is 19.2. The van der Waals surface area contributed by atoms with Crippen molar-refractivity contribution >= 4 is 29.0 Å². The van der Waals surface area contributed by atoms with E-state index in [1.165, 1.54) is 12.1 Å². The average Bonchev–Trinajstić information content (AvgIpc) is 2.73. The lowest BCUT2D eigenvalue weighted by atomic mass is 9.98. The molecule has 1 heterocycles. The van der Waals surface area contributed by atoms with E-state index >= 15 is 0 Å². The van der Waals surface area contributed by atoms with Crippen LogP contribution in [0.1, 0.15) is 12.8 Å². The molecular formula is C19H21N5O4. The second-order valence-corrected chi connectivity index (χ2v) is 6.47. The van der Waals surface area contributed by atoms with Crippen molar-refractivity contribution in [3.05, 3.63) is 64.7 Å². The van der Waals surface area contributed by atoms with Gasteiger partial charge in [-0.1, -0.05) is 30.3 Å². The highest BCUT2D eigenvalue weighted by molar-refractivity contribution is 5.90. The van der Waals surface area contributed by atoms with Crippen LogP contribution in [0, 0.1) is 16.0 Å². The fraction of sp³-hybridized carbons (Fsp3) is 0.263. The zero-order valence-electron chi connectivity index (χ0n) is 15.1. The Morgan fingerprint density at radius 1 is 1.07 bits per heavy atom. The fourth-order valence-electron chi connectivity index (χ4n) is 3.07. The minimum atomic E-state index is -0.523. The summed E-state index contributed by atoms with van der Waals surface area (Å²) >= 11 is 0. The Morgan fingerprint density at radius 3 is 2.54 bits per heavy atom. The largest absolute Gasteiger partial charge is 0.324 e. The number of carbonyl (C=O) groups is 2. The van der Waals surface area contributed by atoms with Crippen molar-refractivity contribution in [2.75, 3.05) is 23.8 Å². The summed E-state index contributed by atoms with van der Waals surface area (Å²) in [6.07, 6.45) is 1.34. The van der Waals surface area contributed by atoms with E-state index in [0.717, 1.165) is 0 Å². The van der Waals surface area contributed by atoms with Gasteiger partial charge in [0.25, 0.3) is 5.69 Å². The standard InChI is InChI=1S/C19H21N5O4/c25-18(22-21-16-10-4-5-11-17(16)24(27)28)14-7-6-12-23(13-14)19(26)20-15-8-2-1-3-9-15/h1-5,8-11,14,21H,6-7,12-13H2,(H,20,26)(H,22,25). The number of amides is 3. The van der Waals surface area contributed by atoms with Crippen molar-refractivity contribution in [2.24, 2.45) is 5.92 Å². The number of urea groups is 1. The smallest absolute Gasteiger partial charge is 0.321 e. The first-order valence-electron chi connectivity index (χ1n) is 8.95. The summed E-state index contributed by atoms with van der Waals surface area (Å²) in [4.78, 5) is 37.0. The second kappa shape index (κ2) is 8.85. The number of hydrogen-bond donors (Lipinski definition) is 3. The van der Waals surface area contributed by atoms with Gasteiger partial charge in [-0.15, -0.1) is 0 Å². The number of anilines is 2. The van der Waals surface area contributed by atoms with Crippen molar-refractivity contribution in [1.29, 1.82) is 0 Å². The van der Waals surface area contributed by atoms with Gasteiger partial charge < -0.3 is 10.2 Å². The van der Waals surface area contributed by atoms with E-state index in [4.69, 9.17) is 0 Å². The third kappa shape index (κ3) is 4.76. The zero-order valence-corrected chi connectivity index (χ0v) is 15.1. The van der Waals surface area contributed by atoms with E-state index < -0.39 is 10.8 Å². The van der Waals surface area contributed by atoms with Crippen LogP contribution in [0.15, 0.2) is 54.6 Å². The molecule has 3 rings (SSSR count). The van der Waals surface area contributed by atoms with E-state index in [-0.39, 0.29) is 29.9 Å². The molecule has 28 heavy (non-hydrogen) atoms. The van der Waals surface area contributed by atoms with Crippen molar-refractivity contribution < 1.29 is 14.5 Å². The van der Waals surface area contributed by atoms with Crippen LogP contribution < -0.4 is 16.2 Å². The number of likely N-dealkylation sites (tertiary alicyclic amines) is 1. The number of nitro groups is 1. The molecule has 1 unspecified atom stereocenters. The Kier molecular flexibility index (Phi) is 6.05. The Hall–Kier alpha value is -3.62. The lowest BCUT2D eigenvalue weighted by Crippen LogP contribution is -2.47. The molecule has 1 atom stereocenters.